The molecule has 26 heavy (non-hydrogen) atoms. The summed E-state index contributed by atoms with van der Waals surface area (Å²) in [6.07, 6.45) is -4.85. The van der Waals surface area contributed by atoms with Gasteiger partial charge in [0.25, 0.3) is 0 Å². The van der Waals surface area contributed by atoms with Crippen LogP contribution in [0.25, 0.3) is 0 Å². The Morgan fingerprint density at radius 2 is 2.04 bits per heavy atom. The average Bonchev–Trinajstić information content (AvgIpc) is 2.90. The van der Waals surface area contributed by atoms with E-state index in [9.17, 15) is 17.4 Å². The Bertz CT molecular complexity index is 1090. The molecule has 2 aliphatic rings. The molecule has 4 atom stereocenters. The monoisotopic (exact) mass is 381 g/mol. The lowest BCUT2D eigenvalue weighted by molar-refractivity contribution is 0.0365. The summed E-state index contributed by atoms with van der Waals surface area (Å²) in [7, 11) is -3.09. The lowest BCUT2D eigenvalue weighted by Gasteiger charge is -2.18. The largest absolute Gasteiger partial charge is 0.457 e. The van der Waals surface area contributed by atoms with Crippen molar-refractivity contribution in [2.24, 2.45) is 0 Å². The van der Waals surface area contributed by atoms with Crippen LogP contribution >= 0.6 is 0 Å². The molecule has 0 amide bonds. The number of hydrogen-bond acceptors (Lipinski definition) is 3. The summed E-state index contributed by atoms with van der Waals surface area (Å²) in [6.45, 7) is 0. The molecule has 3 nitrogen and oxygen atoms in total. The van der Waals surface area contributed by atoms with E-state index in [4.69, 9.17) is 10.00 Å². The fraction of sp³-hybridized carbons (Fsp3) is 0.222. The molecule has 1 aliphatic carbocycles. The van der Waals surface area contributed by atoms with Crippen molar-refractivity contribution in [3.63, 3.8) is 0 Å². The minimum atomic E-state index is -3.09. The van der Waals surface area contributed by atoms with E-state index < -0.39 is 39.1 Å². The van der Waals surface area contributed by atoms with E-state index in [1.165, 1.54) is 18.2 Å². The fourth-order valence-corrected chi connectivity index (χ4v) is 5.69. The molecule has 0 saturated heterocycles. The van der Waals surface area contributed by atoms with Gasteiger partial charge in [-0.25, -0.2) is 17.6 Å². The van der Waals surface area contributed by atoms with Gasteiger partial charge < -0.3 is 4.74 Å². The van der Waals surface area contributed by atoms with Crippen LogP contribution in [-0.2, 0) is 15.2 Å². The average molecular weight is 381 g/mol. The number of ether oxygens (including phenoxy) is 1. The lowest BCUT2D eigenvalue weighted by atomic mass is 9.99. The topological polar surface area (TPSA) is 50.1 Å². The molecule has 0 N–H and O–H groups in total. The quantitative estimate of drug-likeness (QED) is 0.581. The zero-order valence-electron chi connectivity index (χ0n) is 13.1. The smallest absolute Gasteiger partial charge is 0.183 e. The van der Waals surface area contributed by atoms with Gasteiger partial charge in [0.1, 0.15) is 17.3 Å². The predicted octanol–water partition coefficient (Wildman–Crippen LogP) is 4.11. The molecule has 2 aromatic carbocycles. The molecule has 1 heterocycles. The number of halogens is 4. The maximum atomic E-state index is 15.1. The first-order chi connectivity index (χ1) is 12.2. The number of nitriles is 1. The number of nitrogens with zero attached hydrogens (tertiary/aromatic N) is 1. The van der Waals surface area contributed by atoms with Gasteiger partial charge in [-0.05, 0) is 39.7 Å². The second kappa shape index (κ2) is 5.24. The molecule has 0 spiro atoms. The summed E-state index contributed by atoms with van der Waals surface area (Å²) in [5.74, 6) is 1.64. The van der Waals surface area contributed by atoms with Crippen molar-refractivity contribution in [3.8, 4) is 17.6 Å². The minimum Gasteiger partial charge on any atom is -0.457 e. The lowest BCUT2D eigenvalue weighted by Crippen LogP contribution is -2.31. The van der Waals surface area contributed by atoms with Crippen molar-refractivity contribution < 1.29 is 26.5 Å². The van der Waals surface area contributed by atoms with Crippen LogP contribution in [0.4, 0.5) is 17.6 Å². The van der Waals surface area contributed by atoms with E-state index >= 15 is 4.39 Å². The van der Waals surface area contributed by atoms with Crippen molar-refractivity contribution in [1.82, 2.24) is 0 Å². The van der Waals surface area contributed by atoms with Gasteiger partial charge in [-0.1, -0.05) is 0 Å². The minimum absolute atomic E-state index is 0.0258. The number of benzene rings is 2. The van der Waals surface area contributed by atoms with Gasteiger partial charge in [-0.2, -0.15) is 5.26 Å². The third-order valence-corrected chi connectivity index (χ3v) is 6.65. The highest BCUT2D eigenvalue weighted by atomic mass is 32.2. The summed E-state index contributed by atoms with van der Waals surface area (Å²) in [4.78, 5) is -0.0258. The summed E-state index contributed by atoms with van der Waals surface area (Å²) in [6, 6.07) is 7.39. The normalized spacial score (nSPS) is 31.5. The van der Waals surface area contributed by atoms with Crippen LogP contribution in [0.1, 0.15) is 22.9 Å². The summed E-state index contributed by atoms with van der Waals surface area (Å²) >= 11 is 0. The van der Waals surface area contributed by atoms with Crippen LogP contribution < -0.4 is 4.74 Å². The Morgan fingerprint density at radius 3 is 2.73 bits per heavy atom. The van der Waals surface area contributed by atoms with Crippen molar-refractivity contribution in [1.29, 1.82) is 5.26 Å². The Morgan fingerprint density at radius 1 is 1.31 bits per heavy atom. The van der Waals surface area contributed by atoms with E-state index in [0.29, 0.717) is 0 Å². The first-order valence-corrected chi connectivity index (χ1v) is 9.45. The van der Waals surface area contributed by atoms with Gasteiger partial charge >= 0.3 is 0 Å². The first-order valence-electron chi connectivity index (χ1n) is 7.55. The van der Waals surface area contributed by atoms with Crippen molar-refractivity contribution in [2.75, 3.05) is 5.75 Å². The summed E-state index contributed by atoms with van der Waals surface area (Å²) in [5.41, 5.74) is -3.47. The molecule has 0 aromatic heterocycles. The number of rotatable bonds is 2. The van der Waals surface area contributed by atoms with Crippen LogP contribution in [0.2, 0.25) is 0 Å². The summed E-state index contributed by atoms with van der Waals surface area (Å²) < 4.78 is 75.5. The second-order valence-electron chi connectivity index (χ2n) is 6.36. The van der Waals surface area contributed by atoms with Crippen LogP contribution in [0.5, 0.6) is 11.5 Å². The summed E-state index contributed by atoms with van der Waals surface area (Å²) in [5, 5.41) is 8.88. The molecule has 0 radical (unpaired) electrons. The Hall–Kier alpha value is -2.53. The molecular weight excluding hydrogens is 370 g/mol. The Balaban J connectivity index is 1.89. The van der Waals surface area contributed by atoms with Crippen molar-refractivity contribution in [2.45, 2.75) is 22.9 Å². The molecule has 4 rings (SSSR count). The van der Waals surface area contributed by atoms with E-state index in [1.54, 1.807) is 6.07 Å². The molecular formula is C18H11F4NO2S. The zero-order chi connectivity index (χ0) is 18.9. The molecule has 0 saturated carbocycles. The molecule has 134 valence electrons. The van der Waals surface area contributed by atoms with Gasteiger partial charge in [0.15, 0.2) is 18.0 Å². The standard InChI is InChI=1S/C18H11F4NO2S/c1-26(24)8-18(22)15-13(26)3-2-12(14(15)16(20)17(18)21)25-11-5-9(7-23)4-10(19)6-11/h2-6,16-17H,1,8H2. The van der Waals surface area contributed by atoms with E-state index in [0.717, 1.165) is 12.1 Å². The maximum absolute atomic E-state index is 15.1. The van der Waals surface area contributed by atoms with E-state index in [-0.39, 0.29) is 33.1 Å². The van der Waals surface area contributed by atoms with Crippen LogP contribution in [0, 0.1) is 17.1 Å². The maximum Gasteiger partial charge on any atom is 0.183 e. The van der Waals surface area contributed by atoms with Gasteiger partial charge in [-0.15, -0.1) is 0 Å². The Labute approximate surface area is 146 Å². The second-order valence-corrected chi connectivity index (χ2v) is 8.71. The Kier molecular flexibility index (Phi) is 3.41. The third kappa shape index (κ3) is 2.16. The highest BCUT2D eigenvalue weighted by Gasteiger charge is 2.62. The number of hydrogen-bond donors (Lipinski definition) is 0. The SMILES string of the molecule is C=S1(=O)CC2(F)c3c1ccc(Oc1cc(F)cc(C#N)c1)c3C(F)C2F. The molecule has 0 bridgehead atoms. The highest BCUT2D eigenvalue weighted by Crippen LogP contribution is 2.59. The van der Waals surface area contributed by atoms with Gasteiger partial charge in [0, 0.05) is 22.1 Å². The van der Waals surface area contributed by atoms with Crippen molar-refractivity contribution >= 4 is 15.4 Å². The van der Waals surface area contributed by atoms with E-state index in [2.05, 4.69) is 5.87 Å². The molecule has 0 fully saturated rings. The van der Waals surface area contributed by atoms with Gasteiger partial charge in [0.05, 0.1) is 17.4 Å². The molecule has 8 heteroatoms. The van der Waals surface area contributed by atoms with Crippen LogP contribution in [-0.4, -0.2) is 22.0 Å². The molecule has 2 aromatic rings. The first kappa shape index (κ1) is 16.9. The van der Waals surface area contributed by atoms with Crippen molar-refractivity contribution in [3.05, 3.63) is 52.8 Å². The molecule has 4 unspecified atom stereocenters. The number of alkyl halides is 3. The zero-order valence-corrected chi connectivity index (χ0v) is 14.0. The van der Waals surface area contributed by atoms with Crippen LogP contribution in [0.15, 0.2) is 35.2 Å². The third-order valence-electron chi connectivity index (χ3n) is 4.62. The predicted molar refractivity (Wildman–Crippen MR) is 87.6 cm³/mol. The fourth-order valence-electron chi connectivity index (χ4n) is 3.58. The van der Waals surface area contributed by atoms with Crippen LogP contribution in [0.3, 0.4) is 0 Å². The molecule has 1 aliphatic heterocycles. The van der Waals surface area contributed by atoms with E-state index in [1.807, 2.05) is 0 Å². The van der Waals surface area contributed by atoms with Gasteiger partial charge in [-0.3, -0.25) is 4.21 Å². The highest BCUT2D eigenvalue weighted by molar-refractivity contribution is 8.00. The van der Waals surface area contributed by atoms with Gasteiger partial charge in [0.2, 0.25) is 0 Å².